The first kappa shape index (κ1) is 22.9. The van der Waals surface area contributed by atoms with Crippen molar-refractivity contribution in [2.75, 3.05) is 29.7 Å². The van der Waals surface area contributed by atoms with E-state index in [0.717, 1.165) is 16.8 Å². The third kappa shape index (κ3) is 4.29. The van der Waals surface area contributed by atoms with Gasteiger partial charge in [-0.2, -0.15) is 9.29 Å². The molecular weight excluding hydrogens is 501 g/mol. The van der Waals surface area contributed by atoms with Crippen LogP contribution in [0.25, 0.3) is 0 Å². The minimum Gasteiger partial charge on any atom is -0.455 e. The molecule has 0 aliphatic carbocycles. The number of rotatable bonds is 4. The van der Waals surface area contributed by atoms with Crippen molar-refractivity contribution in [2.45, 2.75) is 13.0 Å². The molecule has 0 bridgehead atoms. The van der Waals surface area contributed by atoms with Gasteiger partial charge in [-0.25, -0.2) is 13.4 Å². The van der Waals surface area contributed by atoms with Crippen molar-refractivity contribution < 1.29 is 17.9 Å². The molecule has 0 saturated carbocycles. The zero-order chi connectivity index (χ0) is 24.0. The molecule has 2 aliphatic rings. The molecule has 3 heterocycles. The summed E-state index contributed by atoms with van der Waals surface area (Å²) < 4.78 is 30.8. The van der Waals surface area contributed by atoms with Crippen molar-refractivity contribution in [3.63, 3.8) is 0 Å². The Morgan fingerprint density at radius 1 is 1.12 bits per heavy atom. The minimum atomic E-state index is -3.23. The number of hydrogen-bond acceptors (Lipinski definition) is 7. The molecule has 9 nitrogen and oxygen atoms in total. The topological polar surface area (TPSA) is 105 Å². The summed E-state index contributed by atoms with van der Waals surface area (Å²) in [6, 6.07) is 10.7. The van der Waals surface area contributed by atoms with Crippen molar-refractivity contribution in [1.82, 2.24) is 14.3 Å². The van der Waals surface area contributed by atoms with Crippen LogP contribution in [0.1, 0.15) is 21.5 Å². The number of halogens is 2. The highest BCUT2D eigenvalue weighted by Gasteiger charge is 2.31. The Balaban J connectivity index is 1.35. The number of benzene rings is 2. The van der Waals surface area contributed by atoms with E-state index in [-0.39, 0.29) is 30.0 Å². The van der Waals surface area contributed by atoms with Crippen molar-refractivity contribution in [3.8, 4) is 5.88 Å². The molecule has 12 heteroatoms. The highest BCUT2D eigenvalue weighted by Crippen LogP contribution is 2.37. The lowest BCUT2D eigenvalue weighted by atomic mass is 10.0. The van der Waals surface area contributed by atoms with Gasteiger partial charge < -0.3 is 10.1 Å². The summed E-state index contributed by atoms with van der Waals surface area (Å²) in [6.07, 6.45) is 3.23. The van der Waals surface area contributed by atoms with E-state index < -0.39 is 10.0 Å². The van der Waals surface area contributed by atoms with Crippen LogP contribution in [0.2, 0.25) is 10.0 Å². The summed E-state index contributed by atoms with van der Waals surface area (Å²) in [5.74, 6) is 0.0555. The number of anilines is 3. The largest absolute Gasteiger partial charge is 0.455 e. The van der Waals surface area contributed by atoms with Crippen molar-refractivity contribution >= 4 is 56.5 Å². The summed E-state index contributed by atoms with van der Waals surface area (Å²) in [4.78, 5) is 23.0. The number of para-hydroxylation sites is 1. The number of nitrogens with one attached hydrogen (secondary N) is 1. The molecule has 0 spiro atoms. The Morgan fingerprint density at radius 3 is 2.62 bits per heavy atom. The van der Waals surface area contributed by atoms with E-state index in [4.69, 9.17) is 27.9 Å². The molecule has 0 atom stereocenters. The van der Waals surface area contributed by atoms with Crippen molar-refractivity contribution in [3.05, 3.63) is 69.3 Å². The summed E-state index contributed by atoms with van der Waals surface area (Å²) >= 11 is 12.5. The van der Waals surface area contributed by atoms with Crippen LogP contribution in [0.15, 0.2) is 42.6 Å². The van der Waals surface area contributed by atoms with E-state index in [1.807, 2.05) is 18.2 Å². The van der Waals surface area contributed by atoms with Gasteiger partial charge in [0, 0.05) is 25.0 Å². The van der Waals surface area contributed by atoms with Crippen LogP contribution in [0.5, 0.6) is 5.88 Å². The molecule has 2 aliphatic heterocycles. The second-order valence-corrected chi connectivity index (χ2v) is 10.7. The fraction of sp³-hybridized carbons (Fsp3) is 0.227. The SMILES string of the molecule is CS(=O)(=O)N1CCc2cc(Nc3ncc4c(n3)OCN(c3c(Cl)cccc3Cl)C4=O)ccc2C1. The van der Waals surface area contributed by atoms with Crippen LogP contribution in [0.3, 0.4) is 0 Å². The summed E-state index contributed by atoms with van der Waals surface area (Å²) in [5.41, 5.74) is 3.33. The second-order valence-electron chi connectivity index (χ2n) is 7.94. The smallest absolute Gasteiger partial charge is 0.268 e. The van der Waals surface area contributed by atoms with Crippen LogP contribution in [-0.2, 0) is 23.0 Å². The molecule has 176 valence electrons. The summed E-state index contributed by atoms with van der Waals surface area (Å²) in [5, 5.41) is 3.79. The minimum absolute atomic E-state index is 0.0958. The van der Waals surface area contributed by atoms with Crippen LogP contribution >= 0.6 is 23.2 Å². The molecule has 3 aromatic rings. The lowest BCUT2D eigenvalue weighted by molar-refractivity contribution is 0.0932. The van der Waals surface area contributed by atoms with E-state index in [0.29, 0.717) is 35.2 Å². The number of nitrogens with zero attached hydrogens (tertiary/aromatic N) is 4. The van der Waals surface area contributed by atoms with Gasteiger partial charge in [0.2, 0.25) is 21.9 Å². The number of ether oxygens (including phenoxy) is 1. The van der Waals surface area contributed by atoms with E-state index in [2.05, 4.69) is 15.3 Å². The fourth-order valence-corrected chi connectivity index (χ4v) is 5.34. The Labute approximate surface area is 206 Å². The van der Waals surface area contributed by atoms with E-state index in [1.54, 1.807) is 18.2 Å². The zero-order valence-corrected chi connectivity index (χ0v) is 20.3. The highest BCUT2D eigenvalue weighted by molar-refractivity contribution is 7.88. The van der Waals surface area contributed by atoms with Gasteiger partial charge in [0.1, 0.15) is 5.56 Å². The van der Waals surface area contributed by atoms with Gasteiger partial charge in [-0.05, 0) is 41.8 Å². The van der Waals surface area contributed by atoms with E-state index >= 15 is 0 Å². The Morgan fingerprint density at radius 2 is 1.88 bits per heavy atom. The summed E-state index contributed by atoms with van der Waals surface area (Å²) in [7, 11) is -3.23. The molecule has 0 fully saturated rings. The maximum atomic E-state index is 13.0. The predicted molar refractivity (Wildman–Crippen MR) is 129 cm³/mol. The first-order valence-corrected chi connectivity index (χ1v) is 12.9. The molecule has 0 saturated heterocycles. The van der Waals surface area contributed by atoms with Gasteiger partial charge in [-0.15, -0.1) is 0 Å². The van der Waals surface area contributed by atoms with Gasteiger partial charge in [0.15, 0.2) is 6.73 Å². The average Bonchev–Trinajstić information content (AvgIpc) is 2.79. The maximum absolute atomic E-state index is 13.0. The molecule has 0 unspecified atom stereocenters. The van der Waals surface area contributed by atoms with Crippen LogP contribution < -0.4 is 15.0 Å². The molecule has 1 aromatic heterocycles. The van der Waals surface area contributed by atoms with Crippen LogP contribution in [0, 0.1) is 0 Å². The zero-order valence-electron chi connectivity index (χ0n) is 18.0. The van der Waals surface area contributed by atoms with Crippen molar-refractivity contribution in [1.29, 1.82) is 0 Å². The molecule has 0 radical (unpaired) electrons. The van der Waals surface area contributed by atoms with Gasteiger partial charge >= 0.3 is 0 Å². The maximum Gasteiger partial charge on any atom is 0.268 e. The standard InChI is InChI=1S/C22H19Cl2N5O4S/c1-34(31,32)28-8-7-13-9-15(6-5-14(13)11-28)26-22-25-10-16-20(27-22)33-12-29(21(16)30)19-17(23)3-2-4-18(19)24/h2-6,9-10H,7-8,11-12H2,1H3,(H,25,26,27). The lowest BCUT2D eigenvalue weighted by Crippen LogP contribution is -2.39. The number of carbonyl (C=O) groups excluding carboxylic acids is 1. The lowest BCUT2D eigenvalue weighted by Gasteiger charge is -2.29. The number of sulfonamides is 1. The molecular formula is C22H19Cl2N5O4S. The van der Waals surface area contributed by atoms with Gasteiger partial charge in [0.05, 0.1) is 22.0 Å². The molecule has 1 N–H and O–H groups in total. The number of hydrogen-bond donors (Lipinski definition) is 1. The number of carbonyl (C=O) groups is 1. The van der Waals surface area contributed by atoms with Gasteiger partial charge in [0.25, 0.3) is 5.91 Å². The fourth-order valence-electron chi connectivity index (χ4n) is 3.94. The van der Waals surface area contributed by atoms with Crippen LogP contribution in [-0.4, -0.2) is 48.1 Å². The molecule has 5 rings (SSSR count). The van der Waals surface area contributed by atoms with E-state index in [1.165, 1.54) is 21.7 Å². The number of aromatic nitrogens is 2. The average molecular weight is 520 g/mol. The van der Waals surface area contributed by atoms with Gasteiger partial charge in [-0.3, -0.25) is 9.69 Å². The molecule has 1 amide bonds. The predicted octanol–water partition coefficient (Wildman–Crippen LogP) is 3.84. The Hall–Kier alpha value is -2.92. The normalized spacial score (nSPS) is 16.0. The summed E-state index contributed by atoms with van der Waals surface area (Å²) in [6.45, 7) is 0.694. The van der Waals surface area contributed by atoms with Gasteiger partial charge in [-0.1, -0.05) is 35.3 Å². The number of fused-ring (bicyclic) bond motifs is 2. The van der Waals surface area contributed by atoms with Crippen molar-refractivity contribution in [2.24, 2.45) is 0 Å². The molecule has 34 heavy (non-hydrogen) atoms. The van der Waals surface area contributed by atoms with E-state index in [9.17, 15) is 13.2 Å². The first-order valence-electron chi connectivity index (χ1n) is 10.3. The highest BCUT2D eigenvalue weighted by atomic mass is 35.5. The van der Waals surface area contributed by atoms with Crippen LogP contribution in [0.4, 0.5) is 17.3 Å². The first-order chi connectivity index (χ1) is 16.2. The number of amides is 1. The monoisotopic (exact) mass is 519 g/mol. The second kappa shape index (κ2) is 8.70. The Bertz CT molecular complexity index is 1400. The third-order valence-corrected chi connectivity index (χ3v) is 7.54. The third-order valence-electron chi connectivity index (χ3n) is 5.68. The molecule has 2 aromatic carbocycles. The Kier molecular flexibility index (Phi) is 5.85. The quantitative estimate of drug-likeness (QED) is 0.558.